The largest absolute Gasteiger partial charge is 0.476 e. The molecule has 1 fully saturated rings. The number of aromatic nitrogens is 1. The van der Waals surface area contributed by atoms with Gasteiger partial charge in [0.2, 0.25) is 5.91 Å². The summed E-state index contributed by atoms with van der Waals surface area (Å²) in [5, 5.41) is 13.9. The summed E-state index contributed by atoms with van der Waals surface area (Å²) < 4.78 is 1.02. The molecule has 26 heavy (non-hydrogen) atoms. The number of carbonyl (C=O) groups excluding carboxylic acids is 1. The molecule has 1 saturated heterocycles. The van der Waals surface area contributed by atoms with E-state index < -0.39 is 5.97 Å². The Labute approximate surface area is 167 Å². The third-order valence-electron chi connectivity index (χ3n) is 3.91. The van der Waals surface area contributed by atoms with E-state index in [9.17, 15) is 9.59 Å². The topological polar surface area (TPSA) is 82.5 Å². The Morgan fingerprint density at radius 1 is 1.46 bits per heavy atom. The van der Waals surface area contributed by atoms with E-state index in [1.807, 2.05) is 16.7 Å². The lowest BCUT2D eigenvalue weighted by Gasteiger charge is -2.25. The van der Waals surface area contributed by atoms with Crippen LogP contribution < -0.4 is 5.32 Å². The van der Waals surface area contributed by atoms with Crippen molar-refractivity contribution in [1.29, 1.82) is 0 Å². The second kappa shape index (κ2) is 9.96. The highest BCUT2D eigenvalue weighted by Gasteiger charge is 2.30. The van der Waals surface area contributed by atoms with Crippen molar-refractivity contribution >= 4 is 46.7 Å². The lowest BCUT2D eigenvalue weighted by Crippen LogP contribution is -2.41. The molecule has 0 spiro atoms. The molecule has 0 bridgehead atoms. The normalized spacial score (nSPS) is 17.9. The predicted octanol–water partition coefficient (Wildman–Crippen LogP) is 3.05. The zero-order valence-electron chi connectivity index (χ0n) is 15.5. The van der Waals surface area contributed by atoms with Gasteiger partial charge in [0.05, 0.1) is 0 Å². The molecular formula is C17H27N3O3S3. The lowest BCUT2D eigenvalue weighted by atomic mass is 10.2. The Morgan fingerprint density at radius 3 is 2.88 bits per heavy atom. The molecule has 6 nitrogen and oxygen atoms in total. The van der Waals surface area contributed by atoms with Crippen LogP contribution in [0.5, 0.6) is 0 Å². The van der Waals surface area contributed by atoms with E-state index in [1.165, 1.54) is 23.1 Å². The second-order valence-electron chi connectivity index (χ2n) is 7.10. The fraction of sp³-hybridized carbons (Fsp3) is 0.706. The molecule has 1 aliphatic heterocycles. The van der Waals surface area contributed by atoms with Crippen molar-refractivity contribution in [3.8, 4) is 0 Å². The molecular weight excluding hydrogens is 390 g/mol. The number of thioether (sulfide) groups is 2. The maximum absolute atomic E-state index is 12.1. The van der Waals surface area contributed by atoms with Gasteiger partial charge >= 0.3 is 5.97 Å². The molecule has 1 aromatic heterocycles. The molecule has 0 saturated carbocycles. The SMILES string of the molecule is CC(C)(C)SCCNCC1CCC(=O)N1CCSc1nc(C(=O)O)cs1. The van der Waals surface area contributed by atoms with Crippen molar-refractivity contribution in [2.24, 2.45) is 0 Å². The molecule has 1 aliphatic rings. The zero-order chi connectivity index (χ0) is 19.2. The van der Waals surface area contributed by atoms with Crippen LogP contribution in [0.3, 0.4) is 0 Å². The summed E-state index contributed by atoms with van der Waals surface area (Å²) in [7, 11) is 0. The third kappa shape index (κ3) is 7.09. The number of aromatic carboxylic acids is 1. The Kier molecular flexibility index (Phi) is 8.25. The minimum Gasteiger partial charge on any atom is -0.476 e. The summed E-state index contributed by atoms with van der Waals surface area (Å²) in [5.74, 6) is 1.01. The molecule has 2 N–H and O–H groups in total. The summed E-state index contributed by atoms with van der Waals surface area (Å²) in [6.07, 6.45) is 1.53. The van der Waals surface area contributed by atoms with E-state index in [4.69, 9.17) is 5.11 Å². The number of rotatable bonds is 10. The van der Waals surface area contributed by atoms with Gasteiger partial charge in [0.1, 0.15) is 0 Å². The zero-order valence-corrected chi connectivity index (χ0v) is 17.9. The van der Waals surface area contributed by atoms with Gasteiger partial charge in [0.25, 0.3) is 0 Å². The van der Waals surface area contributed by atoms with Gasteiger partial charge in [-0.15, -0.1) is 11.3 Å². The van der Waals surface area contributed by atoms with Crippen molar-refractivity contribution in [2.75, 3.05) is 31.1 Å². The number of nitrogens with one attached hydrogen (secondary N) is 1. The average molecular weight is 418 g/mol. The minimum absolute atomic E-state index is 0.0879. The highest BCUT2D eigenvalue weighted by molar-refractivity contribution is 8.01. The maximum Gasteiger partial charge on any atom is 0.355 e. The standard InChI is InChI=1S/C17H27N3O3S3/c1-17(2,3)26-8-6-18-10-12-4-5-14(21)20(12)7-9-24-16-19-13(11-25-16)15(22)23/h11-12,18H,4-10H2,1-3H3,(H,22,23). The maximum atomic E-state index is 12.1. The fourth-order valence-electron chi connectivity index (χ4n) is 2.66. The molecule has 2 rings (SSSR count). The molecule has 0 radical (unpaired) electrons. The molecule has 2 heterocycles. The number of carboxylic acid groups (broad SMARTS) is 1. The van der Waals surface area contributed by atoms with Crippen molar-refractivity contribution in [3.63, 3.8) is 0 Å². The van der Waals surface area contributed by atoms with Crippen molar-refractivity contribution in [1.82, 2.24) is 15.2 Å². The smallest absolute Gasteiger partial charge is 0.355 e. The summed E-state index contributed by atoms with van der Waals surface area (Å²) in [4.78, 5) is 29.0. The van der Waals surface area contributed by atoms with Crippen LogP contribution in [-0.4, -0.2) is 68.8 Å². The van der Waals surface area contributed by atoms with E-state index >= 15 is 0 Å². The molecule has 1 atom stereocenters. The molecule has 9 heteroatoms. The van der Waals surface area contributed by atoms with Gasteiger partial charge in [-0.2, -0.15) is 11.8 Å². The Hall–Kier alpha value is -0.770. The van der Waals surface area contributed by atoms with E-state index in [2.05, 4.69) is 31.1 Å². The number of carbonyl (C=O) groups is 2. The number of hydrogen-bond donors (Lipinski definition) is 2. The fourth-order valence-corrected chi connectivity index (χ4v) is 5.33. The van der Waals surface area contributed by atoms with Gasteiger partial charge in [-0.3, -0.25) is 4.79 Å². The van der Waals surface area contributed by atoms with Gasteiger partial charge in [-0.05, 0) is 6.42 Å². The summed E-state index contributed by atoms with van der Waals surface area (Å²) in [5.41, 5.74) is 0.0879. The molecule has 1 unspecified atom stereocenters. The first-order valence-corrected chi connectivity index (χ1v) is 11.6. The van der Waals surface area contributed by atoms with E-state index in [-0.39, 0.29) is 22.4 Å². The quantitative estimate of drug-likeness (QED) is 0.447. The monoisotopic (exact) mass is 417 g/mol. The van der Waals surface area contributed by atoms with Crippen LogP contribution in [0, 0.1) is 0 Å². The van der Waals surface area contributed by atoms with Crippen LogP contribution in [0.4, 0.5) is 0 Å². The molecule has 0 aliphatic carbocycles. The summed E-state index contributed by atoms with van der Waals surface area (Å²) in [6, 6.07) is 0.258. The van der Waals surface area contributed by atoms with Gasteiger partial charge < -0.3 is 15.3 Å². The minimum atomic E-state index is -1.00. The molecule has 1 amide bonds. The Bertz CT molecular complexity index is 616. The first-order valence-electron chi connectivity index (χ1n) is 8.72. The van der Waals surface area contributed by atoms with E-state index in [0.717, 1.165) is 35.4 Å². The lowest BCUT2D eigenvalue weighted by molar-refractivity contribution is -0.128. The van der Waals surface area contributed by atoms with Crippen LogP contribution in [0.1, 0.15) is 44.1 Å². The number of carboxylic acids is 1. The van der Waals surface area contributed by atoms with Crippen LogP contribution in [0.2, 0.25) is 0 Å². The molecule has 0 aromatic carbocycles. The Balaban J connectivity index is 1.70. The summed E-state index contributed by atoms with van der Waals surface area (Å²) >= 11 is 4.79. The van der Waals surface area contributed by atoms with Crippen LogP contribution in [0.25, 0.3) is 0 Å². The predicted molar refractivity (Wildman–Crippen MR) is 110 cm³/mol. The first-order chi connectivity index (χ1) is 12.3. The van der Waals surface area contributed by atoms with Gasteiger partial charge in [0, 0.05) is 53.7 Å². The van der Waals surface area contributed by atoms with Crippen molar-refractivity contribution in [3.05, 3.63) is 11.1 Å². The number of amides is 1. The number of hydrogen-bond acceptors (Lipinski definition) is 7. The number of nitrogens with zero attached hydrogens (tertiary/aromatic N) is 2. The Morgan fingerprint density at radius 2 is 2.23 bits per heavy atom. The summed E-state index contributed by atoms with van der Waals surface area (Å²) in [6.45, 7) is 9.11. The number of likely N-dealkylation sites (tertiary alicyclic amines) is 1. The average Bonchev–Trinajstić information content (AvgIpc) is 3.15. The van der Waals surface area contributed by atoms with E-state index in [1.54, 1.807) is 5.38 Å². The number of thiazole rings is 1. The van der Waals surface area contributed by atoms with Gasteiger partial charge in [0.15, 0.2) is 10.0 Å². The first kappa shape index (κ1) is 21.5. The highest BCUT2D eigenvalue weighted by atomic mass is 32.2. The molecule has 146 valence electrons. The molecule has 1 aromatic rings. The second-order valence-corrected chi connectivity index (χ2v) is 11.2. The van der Waals surface area contributed by atoms with Gasteiger partial charge in [-0.1, -0.05) is 32.5 Å². The van der Waals surface area contributed by atoms with Crippen LogP contribution >= 0.6 is 34.9 Å². The van der Waals surface area contributed by atoms with Crippen LogP contribution in [0.15, 0.2) is 9.72 Å². The highest BCUT2D eigenvalue weighted by Crippen LogP contribution is 2.25. The van der Waals surface area contributed by atoms with Crippen LogP contribution in [-0.2, 0) is 4.79 Å². The van der Waals surface area contributed by atoms with Gasteiger partial charge in [-0.25, -0.2) is 9.78 Å². The van der Waals surface area contributed by atoms with Crippen molar-refractivity contribution < 1.29 is 14.7 Å². The van der Waals surface area contributed by atoms with E-state index in [0.29, 0.717) is 13.0 Å². The van der Waals surface area contributed by atoms with Crippen molar-refractivity contribution in [2.45, 2.75) is 48.7 Å². The third-order valence-corrected chi connectivity index (χ3v) is 7.18.